The number of aromatic amines is 2. The van der Waals surface area contributed by atoms with Gasteiger partial charge in [0, 0.05) is 53.7 Å². The number of hydrogen-bond donors (Lipinski definition) is 4. The Labute approximate surface area is 209 Å². The number of aryl methyl sites for hydroxylation is 3. The molecule has 36 heavy (non-hydrogen) atoms. The highest BCUT2D eigenvalue weighted by molar-refractivity contribution is 5.90. The van der Waals surface area contributed by atoms with Crippen molar-refractivity contribution >= 4 is 22.9 Å². The largest absolute Gasteiger partial charge is 0.361 e. The first-order valence-electron chi connectivity index (χ1n) is 12.3. The van der Waals surface area contributed by atoms with Crippen LogP contribution in [0.4, 0.5) is 4.39 Å². The molecule has 0 spiro atoms. The Morgan fingerprint density at radius 3 is 2.86 bits per heavy atom. The molecule has 0 fully saturated rings. The molecule has 0 saturated carbocycles. The molecule has 1 unspecified atom stereocenters. The molecule has 0 bridgehead atoms. The van der Waals surface area contributed by atoms with Crippen LogP contribution in [-0.2, 0) is 24.2 Å². The highest BCUT2D eigenvalue weighted by atomic mass is 19.1. The first-order valence-corrected chi connectivity index (χ1v) is 12.3. The number of hydroxylamine groups is 1. The van der Waals surface area contributed by atoms with Gasteiger partial charge in [-0.1, -0.05) is 18.2 Å². The van der Waals surface area contributed by atoms with Crippen molar-refractivity contribution in [3.05, 3.63) is 99.8 Å². The average molecular weight is 487 g/mol. The third kappa shape index (κ3) is 4.98. The number of benzene rings is 2. The Hall–Kier alpha value is -3.68. The third-order valence-electron chi connectivity index (χ3n) is 7.29. The molecule has 1 aliphatic rings. The van der Waals surface area contributed by atoms with E-state index in [0.29, 0.717) is 0 Å². The molecular weight excluding hydrogens is 455 g/mol. The number of rotatable bonds is 8. The Morgan fingerprint density at radius 1 is 1.22 bits per heavy atom. The quantitative estimate of drug-likeness (QED) is 0.151. The van der Waals surface area contributed by atoms with Crippen molar-refractivity contribution in [2.45, 2.75) is 45.7 Å². The van der Waals surface area contributed by atoms with Gasteiger partial charge in [0.25, 0.3) is 5.91 Å². The Kier molecular flexibility index (Phi) is 6.76. The fourth-order valence-corrected chi connectivity index (χ4v) is 5.33. The summed E-state index contributed by atoms with van der Waals surface area (Å²) in [5.74, 6) is -0.778. The number of carbonyl (C=O) groups is 1. The van der Waals surface area contributed by atoms with Gasteiger partial charge in [0.05, 0.1) is 0 Å². The number of H-pyrrole nitrogens is 2. The summed E-state index contributed by atoms with van der Waals surface area (Å²) in [5, 5.41) is 9.78. The van der Waals surface area contributed by atoms with Crippen molar-refractivity contribution in [2.75, 3.05) is 6.54 Å². The zero-order valence-electron chi connectivity index (χ0n) is 20.6. The molecule has 1 aliphatic carbocycles. The SMILES string of the molecule is Cc1cc(CN(CCc2c[nH]c3cc(F)ccc23)C2CCc3cc(C=CC(=O)NO)ccc32)[nH]c1C. The van der Waals surface area contributed by atoms with Gasteiger partial charge >= 0.3 is 0 Å². The standard InChI is InChI=1S/C29H31FN4O2/c1-18-13-24(32-19(18)2)17-34(12-11-22-16-31-27-15-23(30)6-8-25(22)27)28-9-5-21-14-20(3-7-26(21)28)4-10-29(35)33-36/h3-4,6-8,10,13-16,28,31-32,36H,5,9,11-12,17H2,1-2H3,(H,33,35). The van der Waals surface area contributed by atoms with Crippen LogP contribution in [0.5, 0.6) is 0 Å². The van der Waals surface area contributed by atoms with Crippen LogP contribution in [0.25, 0.3) is 17.0 Å². The lowest BCUT2D eigenvalue weighted by Crippen LogP contribution is -2.29. The van der Waals surface area contributed by atoms with Gasteiger partial charge in [-0.05, 0) is 91.3 Å². The van der Waals surface area contributed by atoms with Crippen LogP contribution >= 0.6 is 0 Å². The highest BCUT2D eigenvalue weighted by Gasteiger charge is 2.28. The fraction of sp³-hybridized carbons (Fsp3) is 0.276. The molecule has 1 atom stereocenters. The van der Waals surface area contributed by atoms with Crippen LogP contribution in [0.3, 0.4) is 0 Å². The van der Waals surface area contributed by atoms with Crippen molar-refractivity contribution in [3.8, 4) is 0 Å². The second kappa shape index (κ2) is 10.1. The second-order valence-corrected chi connectivity index (χ2v) is 9.65. The fourth-order valence-electron chi connectivity index (χ4n) is 5.33. The van der Waals surface area contributed by atoms with E-state index in [2.05, 4.69) is 46.9 Å². The lowest BCUT2D eigenvalue weighted by Gasteiger charge is -2.29. The zero-order chi connectivity index (χ0) is 25.2. The molecule has 2 heterocycles. The molecule has 2 aromatic carbocycles. The summed E-state index contributed by atoms with van der Waals surface area (Å²) in [4.78, 5) is 20.6. The molecule has 1 amide bonds. The number of aromatic nitrogens is 2. The second-order valence-electron chi connectivity index (χ2n) is 9.65. The zero-order valence-corrected chi connectivity index (χ0v) is 20.6. The van der Waals surface area contributed by atoms with Gasteiger partial charge in [0.2, 0.25) is 0 Å². The third-order valence-corrected chi connectivity index (χ3v) is 7.29. The van der Waals surface area contributed by atoms with E-state index >= 15 is 0 Å². The van der Waals surface area contributed by atoms with E-state index in [4.69, 9.17) is 5.21 Å². The molecule has 6 nitrogen and oxygen atoms in total. The Morgan fingerprint density at radius 2 is 2.08 bits per heavy atom. The number of carbonyl (C=O) groups excluding carboxylic acids is 1. The van der Waals surface area contributed by atoms with Crippen LogP contribution in [0.1, 0.15) is 51.7 Å². The molecule has 4 aromatic rings. The van der Waals surface area contributed by atoms with Crippen molar-refractivity contribution in [1.29, 1.82) is 0 Å². The highest BCUT2D eigenvalue weighted by Crippen LogP contribution is 2.37. The minimum absolute atomic E-state index is 0.233. The van der Waals surface area contributed by atoms with Crippen LogP contribution < -0.4 is 5.48 Å². The number of nitrogens with zero attached hydrogens (tertiary/aromatic N) is 1. The number of fused-ring (bicyclic) bond motifs is 2. The van der Waals surface area contributed by atoms with E-state index < -0.39 is 5.91 Å². The summed E-state index contributed by atoms with van der Waals surface area (Å²) in [5.41, 5.74) is 10.8. The summed E-state index contributed by atoms with van der Waals surface area (Å²) in [6, 6.07) is 13.7. The number of hydrogen-bond acceptors (Lipinski definition) is 3. The van der Waals surface area contributed by atoms with Crippen LogP contribution in [0.2, 0.25) is 0 Å². The molecule has 0 aliphatic heterocycles. The van der Waals surface area contributed by atoms with Gasteiger partial charge in [-0.15, -0.1) is 0 Å². The summed E-state index contributed by atoms with van der Waals surface area (Å²) in [7, 11) is 0. The average Bonchev–Trinajstić information content (AvgIpc) is 3.56. The molecule has 2 aromatic heterocycles. The van der Waals surface area contributed by atoms with Gasteiger partial charge in [-0.2, -0.15) is 0 Å². The molecule has 0 radical (unpaired) electrons. The van der Waals surface area contributed by atoms with Gasteiger partial charge in [0.1, 0.15) is 5.82 Å². The van der Waals surface area contributed by atoms with E-state index in [0.717, 1.165) is 48.8 Å². The monoisotopic (exact) mass is 486 g/mol. The molecule has 186 valence electrons. The molecule has 4 N–H and O–H groups in total. The van der Waals surface area contributed by atoms with Gasteiger partial charge in [0.15, 0.2) is 0 Å². The maximum Gasteiger partial charge on any atom is 0.267 e. The first-order chi connectivity index (χ1) is 17.4. The van der Waals surface area contributed by atoms with Gasteiger partial charge in [-0.3, -0.25) is 14.9 Å². The van der Waals surface area contributed by atoms with Crippen LogP contribution in [0, 0.1) is 19.7 Å². The number of nitrogens with one attached hydrogen (secondary N) is 3. The smallest absolute Gasteiger partial charge is 0.267 e. The van der Waals surface area contributed by atoms with E-state index in [1.165, 1.54) is 45.8 Å². The molecule has 7 heteroatoms. The van der Waals surface area contributed by atoms with Crippen molar-refractivity contribution in [1.82, 2.24) is 20.3 Å². The Bertz CT molecular complexity index is 1420. The number of halogens is 1. The summed E-state index contributed by atoms with van der Waals surface area (Å²) < 4.78 is 13.6. The first kappa shape index (κ1) is 24.0. The van der Waals surface area contributed by atoms with Crippen LogP contribution in [0.15, 0.2) is 54.7 Å². The lowest BCUT2D eigenvalue weighted by atomic mass is 10.0. The molecule has 5 rings (SSSR count). The van der Waals surface area contributed by atoms with Crippen LogP contribution in [-0.4, -0.2) is 32.5 Å². The topological polar surface area (TPSA) is 84.2 Å². The van der Waals surface area contributed by atoms with E-state index in [1.807, 2.05) is 18.3 Å². The van der Waals surface area contributed by atoms with E-state index in [1.54, 1.807) is 17.6 Å². The summed E-state index contributed by atoms with van der Waals surface area (Å²) in [6.45, 7) is 5.91. The van der Waals surface area contributed by atoms with E-state index in [-0.39, 0.29) is 11.9 Å². The molecular formula is C29H31FN4O2. The van der Waals surface area contributed by atoms with Gasteiger partial charge < -0.3 is 9.97 Å². The van der Waals surface area contributed by atoms with E-state index in [9.17, 15) is 9.18 Å². The van der Waals surface area contributed by atoms with Gasteiger partial charge in [-0.25, -0.2) is 9.87 Å². The minimum atomic E-state index is -0.545. The predicted molar refractivity (Wildman–Crippen MR) is 139 cm³/mol. The maximum absolute atomic E-state index is 13.6. The summed E-state index contributed by atoms with van der Waals surface area (Å²) >= 11 is 0. The number of amides is 1. The minimum Gasteiger partial charge on any atom is -0.361 e. The Balaban J connectivity index is 1.40. The van der Waals surface area contributed by atoms with Crippen molar-refractivity contribution in [2.24, 2.45) is 0 Å². The van der Waals surface area contributed by atoms with Crippen molar-refractivity contribution in [3.63, 3.8) is 0 Å². The van der Waals surface area contributed by atoms with Crippen molar-refractivity contribution < 1.29 is 14.4 Å². The maximum atomic E-state index is 13.6. The molecule has 0 saturated heterocycles. The summed E-state index contributed by atoms with van der Waals surface area (Å²) in [6.07, 6.45) is 7.88. The normalized spacial score (nSPS) is 15.3. The predicted octanol–water partition coefficient (Wildman–Crippen LogP) is 5.50. The lowest BCUT2D eigenvalue weighted by molar-refractivity contribution is -0.124.